The molecule has 6 heteroatoms. The van der Waals surface area contributed by atoms with Gasteiger partial charge in [-0.15, -0.1) is 0 Å². The maximum atomic E-state index is 11.9. The zero-order valence-electron chi connectivity index (χ0n) is 11.8. The first-order valence-corrected chi connectivity index (χ1v) is 7.31. The fourth-order valence-electron chi connectivity index (χ4n) is 2.43. The van der Waals surface area contributed by atoms with Gasteiger partial charge in [0.05, 0.1) is 22.4 Å². The molecule has 0 spiro atoms. The van der Waals surface area contributed by atoms with Crippen molar-refractivity contribution in [3.05, 3.63) is 28.8 Å². The number of aromatic carboxylic acids is 1. The molecule has 1 aromatic carbocycles. The van der Waals surface area contributed by atoms with Gasteiger partial charge in [0, 0.05) is 13.0 Å². The average molecular weight is 312 g/mol. The third-order valence-electron chi connectivity index (χ3n) is 3.56. The lowest BCUT2D eigenvalue weighted by atomic mass is 9.80. The molecule has 0 saturated heterocycles. The number of hydrogen-bond donors (Lipinski definition) is 2. The minimum atomic E-state index is -1.05. The minimum Gasteiger partial charge on any atom is -0.478 e. The van der Waals surface area contributed by atoms with Gasteiger partial charge in [0.2, 0.25) is 5.91 Å². The zero-order valence-corrected chi connectivity index (χ0v) is 12.5. The molecule has 1 saturated carbocycles. The highest BCUT2D eigenvalue weighted by Crippen LogP contribution is 2.33. The topological polar surface area (TPSA) is 75.6 Å². The average Bonchev–Trinajstić information content (AvgIpc) is 2.38. The molecular formula is C15H18ClNO4. The fraction of sp³-hybridized carbons (Fsp3) is 0.467. The second kappa shape index (κ2) is 6.91. The number of carboxylic acids is 1. The van der Waals surface area contributed by atoms with Crippen molar-refractivity contribution in [3.8, 4) is 0 Å². The number of carbonyl (C=O) groups is 2. The molecule has 1 aromatic rings. The van der Waals surface area contributed by atoms with E-state index in [9.17, 15) is 9.59 Å². The molecule has 0 unspecified atom stereocenters. The molecule has 1 amide bonds. The van der Waals surface area contributed by atoms with Gasteiger partial charge >= 0.3 is 5.97 Å². The Morgan fingerprint density at radius 1 is 1.43 bits per heavy atom. The molecule has 0 aromatic heterocycles. The molecule has 0 bridgehead atoms. The van der Waals surface area contributed by atoms with E-state index in [2.05, 4.69) is 5.32 Å². The van der Waals surface area contributed by atoms with E-state index in [1.54, 1.807) is 0 Å². The van der Waals surface area contributed by atoms with Crippen LogP contribution < -0.4 is 5.32 Å². The Kier molecular flexibility index (Phi) is 5.20. The Hall–Kier alpha value is -1.59. The van der Waals surface area contributed by atoms with Gasteiger partial charge in [-0.05, 0) is 43.9 Å². The molecule has 1 fully saturated rings. The number of rotatable bonds is 6. The van der Waals surface area contributed by atoms with Crippen molar-refractivity contribution >= 4 is 29.2 Å². The Morgan fingerprint density at radius 3 is 2.71 bits per heavy atom. The van der Waals surface area contributed by atoms with Gasteiger partial charge in [-0.25, -0.2) is 4.79 Å². The molecule has 1 aliphatic carbocycles. The standard InChI is InChI=1S/C15H18ClNO4/c1-2-21-11-5-9(6-11)7-14(18)17-13-4-3-10(15(19)20)8-12(13)16/h3-4,8-9,11H,2,5-7H2,1H3,(H,17,18)(H,19,20). The summed E-state index contributed by atoms with van der Waals surface area (Å²) in [7, 11) is 0. The molecule has 21 heavy (non-hydrogen) atoms. The number of carbonyl (C=O) groups excluding carboxylic acids is 1. The molecule has 114 valence electrons. The summed E-state index contributed by atoms with van der Waals surface area (Å²) in [5, 5.41) is 11.8. The van der Waals surface area contributed by atoms with Crippen LogP contribution in [0.3, 0.4) is 0 Å². The lowest BCUT2D eigenvalue weighted by molar-refractivity contribution is -0.119. The van der Waals surface area contributed by atoms with Crippen LogP contribution >= 0.6 is 11.6 Å². The second-order valence-electron chi connectivity index (χ2n) is 5.17. The molecule has 5 nitrogen and oxygen atoms in total. The van der Waals surface area contributed by atoms with Gasteiger partial charge in [0.15, 0.2) is 0 Å². The third kappa shape index (κ3) is 4.19. The lowest BCUT2D eigenvalue weighted by Gasteiger charge is -2.34. The first kappa shape index (κ1) is 15.8. The number of ether oxygens (including phenoxy) is 1. The van der Waals surface area contributed by atoms with E-state index in [4.69, 9.17) is 21.4 Å². The predicted molar refractivity (Wildman–Crippen MR) is 79.8 cm³/mol. The summed E-state index contributed by atoms with van der Waals surface area (Å²) in [6.07, 6.45) is 2.53. The highest BCUT2D eigenvalue weighted by Gasteiger charge is 2.31. The van der Waals surface area contributed by atoms with Gasteiger partial charge in [-0.1, -0.05) is 11.6 Å². The van der Waals surface area contributed by atoms with Crippen molar-refractivity contribution in [1.82, 2.24) is 0 Å². The Balaban J connectivity index is 1.85. The van der Waals surface area contributed by atoms with E-state index in [0.717, 1.165) is 12.8 Å². The maximum Gasteiger partial charge on any atom is 0.335 e. The number of halogens is 1. The van der Waals surface area contributed by atoms with Crippen LogP contribution in [0, 0.1) is 5.92 Å². The van der Waals surface area contributed by atoms with Crippen LogP contribution in [-0.4, -0.2) is 29.7 Å². The van der Waals surface area contributed by atoms with Crippen LogP contribution in [0.5, 0.6) is 0 Å². The summed E-state index contributed by atoms with van der Waals surface area (Å²) >= 11 is 5.97. The first-order valence-electron chi connectivity index (χ1n) is 6.94. The van der Waals surface area contributed by atoms with Gasteiger partial charge < -0.3 is 15.2 Å². The zero-order chi connectivity index (χ0) is 15.4. The summed E-state index contributed by atoms with van der Waals surface area (Å²) in [5.74, 6) is -0.815. The van der Waals surface area contributed by atoms with Gasteiger partial charge in [0.1, 0.15) is 0 Å². The highest BCUT2D eigenvalue weighted by atomic mass is 35.5. The van der Waals surface area contributed by atoms with Crippen molar-refractivity contribution < 1.29 is 19.4 Å². The number of carboxylic acid groups (broad SMARTS) is 1. The Bertz CT molecular complexity index is 540. The first-order chi connectivity index (χ1) is 9.99. The number of anilines is 1. The largest absolute Gasteiger partial charge is 0.478 e. The SMILES string of the molecule is CCOC1CC(CC(=O)Nc2ccc(C(=O)O)cc2Cl)C1. The minimum absolute atomic E-state index is 0.0940. The maximum absolute atomic E-state index is 11.9. The van der Waals surface area contributed by atoms with Crippen LogP contribution in [0.1, 0.15) is 36.5 Å². The second-order valence-corrected chi connectivity index (χ2v) is 5.57. The van der Waals surface area contributed by atoms with E-state index in [1.807, 2.05) is 6.92 Å². The molecule has 2 rings (SSSR count). The van der Waals surface area contributed by atoms with E-state index in [1.165, 1.54) is 18.2 Å². The van der Waals surface area contributed by atoms with Crippen LogP contribution in [-0.2, 0) is 9.53 Å². The molecule has 0 heterocycles. The lowest BCUT2D eigenvalue weighted by Crippen LogP contribution is -2.33. The van der Waals surface area contributed by atoms with Crippen molar-refractivity contribution in [2.24, 2.45) is 5.92 Å². The van der Waals surface area contributed by atoms with Crippen LogP contribution in [0.4, 0.5) is 5.69 Å². The predicted octanol–water partition coefficient (Wildman–Crippen LogP) is 3.18. The van der Waals surface area contributed by atoms with Gasteiger partial charge in [0.25, 0.3) is 0 Å². The molecule has 2 N–H and O–H groups in total. The quantitative estimate of drug-likeness (QED) is 0.846. The molecular weight excluding hydrogens is 294 g/mol. The van der Waals surface area contributed by atoms with Crippen molar-refractivity contribution in [3.63, 3.8) is 0 Å². The molecule has 0 atom stereocenters. The van der Waals surface area contributed by atoms with E-state index < -0.39 is 5.97 Å². The summed E-state index contributed by atoms with van der Waals surface area (Å²) in [6.45, 7) is 2.66. The fourth-order valence-corrected chi connectivity index (χ4v) is 2.65. The van der Waals surface area contributed by atoms with Gasteiger partial charge in [-0.2, -0.15) is 0 Å². The number of nitrogens with one attached hydrogen (secondary N) is 1. The van der Waals surface area contributed by atoms with Gasteiger partial charge in [-0.3, -0.25) is 4.79 Å². The van der Waals surface area contributed by atoms with E-state index in [-0.39, 0.29) is 22.6 Å². The summed E-state index contributed by atoms with van der Waals surface area (Å²) < 4.78 is 5.45. The molecule has 1 aliphatic rings. The Labute approximate surface area is 128 Å². The molecule has 0 radical (unpaired) electrons. The van der Waals surface area contributed by atoms with E-state index in [0.29, 0.717) is 24.6 Å². The van der Waals surface area contributed by atoms with Crippen molar-refractivity contribution in [2.45, 2.75) is 32.3 Å². The highest BCUT2D eigenvalue weighted by molar-refractivity contribution is 6.34. The normalized spacial score (nSPS) is 20.7. The number of amides is 1. The smallest absolute Gasteiger partial charge is 0.335 e. The van der Waals surface area contributed by atoms with Crippen molar-refractivity contribution in [1.29, 1.82) is 0 Å². The molecule has 0 aliphatic heterocycles. The van der Waals surface area contributed by atoms with Crippen LogP contribution in [0.2, 0.25) is 5.02 Å². The number of hydrogen-bond acceptors (Lipinski definition) is 3. The van der Waals surface area contributed by atoms with E-state index >= 15 is 0 Å². The Morgan fingerprint density at radius 2 is 2.14 bits per heavy atom. The van der Waals surface area contributed by atoms with Crippen LogP contribution in [0.25, 0.3) is 0 Å². The number of benzene rings is 1. The summed E-state index contributed by atoms with van der Waals surface area (Å²) in [6, 6.07) is 4.25. The summed E-state index contributed by atoms with van der Waals surface area (Å²) in [4.78, 5) is 22.7. The monoisotopic (exact) mass is 311 g/mol. The van der Waals surface area contributed by atoms with Crippen molar-refractivity contribution in [2.75, 3.05) is 11.9 Å². The van der Waals surface area contributed by atoms with Crippen LogP contribution in [0.15, 0.2) is 18.2 Å². The third-order valence-corrected chi connectivity index (χ3v) is 3.87. The summed E-state index contributed by atoms with van der Waals surface area (Å²) in [5.41, 5.74) is 0.531.